The third kappa shape index (κ3) is 8.94. The summed E-state index contributed by atoms with van der Waals surface area (Å²) in [6, 6.07) is 8.53. The van der Waals surface area contributed by atoms with Crippen LogP contribution in [0.5, 0.6) is 0 Å². The lowest BCUT2D eigenvalue weighted by atomic mass is 9.86. The Morgan fingerprint density at radius 2 is 1.70 bits per heavy atom. The normalized spacial score (nSPS) is 17.3. The second kappa shape index (κ2) is 13.7. The fourth-order valence-electron chi connectivity index (χ4n) is 4.80. The molecule has 0 atom stereocenters. The Morgan fingerprint density at radius 3 is 2.39 bits per heavy atom. The maximum Gasteiger partial charge on any atom is 0.414 e. The van der Waals surface area contributed by atoms with Gasteiger partial charge in [0, 0.05) is 37.9 Å². The number of hydrogen-bond donors (Lipinski definition) is 3. The highest BCUT2D eigenvalue weighted by atomic mass is 16.6. The quantitative estimate of drug-likeness (QED) is 0.279. The van der Waals surface area contributed by atoms with Gasteiger partial charge in [0.2, 0.25) is 0 Å². The Morgan fingerprint density at radius 1 is 0.970 bits per heavy atom. The van der Waals surface area contributed by atoms with E-state index in [-0.39, 0.29) is 12.5 Å². The van der Waals surface area contributed by atoms with Crippen LogP contribution in [0.15, 0.2) is 24.3 Å². The van der Waals surface area contributed by atoms with Crippen LogP contribution < -0.4 is 16.0 Å². The molecular formula is C25H38N4O4. The molecule has 0 aromatic heterocycles. The van der Waals surface area contributed by atoms with Gasteiger partial charge in [0.15, 0.2) is 0 Å². The van der Waals surface area contributed by atoms with E-state index in [9.17, 15) is 14.4 Å². The standard InChI is InChI=1S/C25H38N4O4/c30-19-33-25(32)27-16-12-21-8-10-22(11-9-21)28-23-13-17-29(18-14-23)24(31)26-15-4-7-20-5-2-1-3-6-20/h8-11,19-20,23,28H,1-7,12-18H2,(H,26,31)(H,27,32). The fraction of sp³-hybridized carbons (Fsp3) is 0.640. The van der Waals surface area contributed by atoms with Crippen molar-refractivity contribution in [2.24, 2.45) is 5.92 Å². The molecule has 3 amide bonds. The van der Waals surface area contributed by atoms with Crippen molar-refractivity contribution in [1.82, 2.24) is 15.5 Å². The van der Waals surface area contributed by atoms with Crippen LogP contribution in [0.3, 0.4) is 0 Å². The van der Waals surface area contributed by atoms with Crippen LogP contribution in [-0.4, -0.2) is 55.7 Å². The molecule has 2 aliphatic rings. The maximum atomic E-state index is 12.5. The van der Waals surface area contributed by atoms with Crippen LogP contribution in [0, 0.1) is 5.92 Å². The van der Waals surface area contributed by atoms with Crippen LogP contribution in [0.1, 0.15) is 63.4 Å². The zero-order valence-electron chi connectivity index (χ0n) is 19.5. The molecule has 1 heterocycles. The molecule has 0 radical (unpaired) electrons. The van der Waals surface area contributed by atoms with E-state index in [1.807, 2.05) is 29.2 Å². The summed E-state index contributed by atoms with van der Waals surface area (Å²) in [5.74, 6) is 0.871. The van der Waals surface area contributed by atoms with Gasteiger partial charge in [-0.3, -0.25) is 4.79 Å². The fourth-order valence-corrected chi connectivity index (χ4v) is 4.80. The Labute approximate surface area is 196 Å². The topological polar surface area (TPSA) is 99.8 Å². The summed E-state index contributed by atoms with van der Waals surface area (Å²) in [7, 11) is 0. The molecule has 1 aliphatic heterocycles. The molecule has 182 valence electrons. The number of anilines is 1. The monoisotopic (exact) mass is 458 g/mol. The van der Waals surface area contributed by atoms with Crippen molar-refractivity contribution in [1.29, 1.82) is 0 Å². The van der Waals surface area contributed by atoms with Gasteiger partial charge in [-0.15, -0.1) is 0 Å². The number of carbonyl (C=O) groups is 3. The van der Waals surface area contributed by atoms with Crippen LogP contribution >= 0.6 is 0 Å². The predicted octanol–water partition coefficient (Wildman–Crippen LogP) is 4.06. The van der Waals surface area contributed by atoms with Gasteiger partial charge in [0.05, 0.1) is 0 Å². The van der Waals surface area contributed by atoms with E-state index in [1.165, 1.54) is 38.5 Å². The Balaban J connectivity index is 1.28. The molecule has 33 heavy (non-hydrogen) atoms. The molecule has 0 unspecified atom stereocenters. The smallest absolute Gasteiger partial charge is 0.382 e. The second-order valence-electron chi connectivity index (χ2n) is 9.16. The lowest BCUT2D eigenvalue weighted by molar-refractivity contribution is -0.123. The lowest BCUT2D eigenvalue weighted by Crippen LogP contribution is -2.47. The number of alkyl carbamates (subject to hydrolysis) is 1. The van der Waals surface area contributed by atoms with Crippen molar-refractivity contribution in [2.75, 3.05) is 31.5 Å². The number of benzene rings is 1. The van der Waals surface area contributed by atoms with E-state index in [4.69, 9.17) is 0 Å². The summed E-state index contributed by atoms with van der Waals surface area (Å²) in [4.78, 5) is 35.6. The van der Waals surface area contributed by atoms with Crippen molar-refractivity contribution in [2.45, 2.75) is 70.3 Å². The molecule has 1 saturated carbocycles. The summed E-state index contributed by atoms with van der Waals surface area (Å²) >= 11 is 0. The number of amides is 3. The maximum absolute atomic E-state index is 12.5. The zero-order valence-corrected chi connectivity index (χ0v) is 19.5. The summed E-state index contributed by atoms with van der Waals surface area (Å²) in [6.07, 6.45) is 11.0. The van der Waals surface area contributed by atoms with E-state index in [1.54, 1.807) is 0 Å². The number of likely N-dealkylation sites (tertiary alicyclic amines) is 1. The Kier molecular flexibility index (Phi) is 10.3. The van der Waals surface area contributed by atoms with Gasteiger partial charge in [0.25, 0.3) is 0 Å². The molecule has 1 saturated heterocycles. The number of rotatable bonds is 10. The first-order chi connectivity index (χ1) is 16.1. The SMILES string of the molecule is O=COC(=O)NCCc1ccc(NC2CCN(C(=O)NCCCC3CCCCC3)CC2)cc1. The molecular weight excluding hydrogens is 420 g/mol. The van der Waals surface area contributed by atoms with Crippen molar-refractivity contribution in [3.05, 3.63) is 29.8 Å². The van der Waals surface area contributed by atoms with Crippen molar-refractivity contribution in [3.63, 3.8) is 0 Å². The first-order valence-electron chi connectivity index (χ1n) is 12.4. The molecule has 3 rings (SSSR count). The minimum Gasteiger partial charge on any atom is -0.382 e. The van der Waals surface area contributed by atoms with Gasteiger partial charge in [0.1, 0.15) is 0 Å². The molecule has 2 fully saturated rings. The van der Waals surface area contributed by atoms with Gasteiger partial charge in [-0.25, -0.2) is 9.59 Å². The van der Waals surface area contributed by atoms with Crippen LogP contribution in [0.25, 0.3) is 0 Å². The third-order valence-electron chi connectivity index (χ3n) is 6.74. The minimum atomic E-state index is -0.734. The molecule has 0 spiro atoms. The summed E-state index contributed by atoms with van der Waals surface area (Å²) in [5.41, 5.74) is 2.14. The summed E-state index contributed by atoms with van der Waals surface area (Å²) in [5, 5.41) is 9.18. The first kappa shape index (κ1) is 24.9. The average Bonchev–Trinajstić information content (AvgIpc) is 2.84. The van der Waals surface area contributed by atoms with Gasteiger partial charge in [-0.2, -0.15) is 0 Å². The highest BCUT2D eigenvalue weighted by Crippen LogP contribution is 2.27. The number of carbonyl (C=O) groups excluding carboxylic acids is 3. The molecule has 1 aliphatic carbocycles. The van der Waals surface area contributed by atoms with E-state index in [0.717, 1.165) is 56.1 Å². The van der Waals surface area contributed by atoms with E-state index >= 15 is 0 Å². The van der Waals surface area contributed by atoms with Gasteiger partial charge in [-0.1, -0.05) is 44.2 Å². The van der Waals surface area contributed by atoms with Crippen LogP contribution in [-0.2, 0) is 16.0 Å². The molecule has 8 heteroatoms. The number of hydrogen-bond acceptors (Lipinski definition) is 5. The molecule has 1 aromatic carbocycles. The van der Waals surface area contributed by atoms with Crippen molar-refractivity contribution in [3.8, 4) is 0 Å². The number of piperidine rings is 1. The zero-order chi connectivity index (χ0) is 23.3. The lowest BCUT2D eigenvalue weighted by Gasteiger charge is -2.33. The van der Waals surface area contributed by atoms with Gasteiger partial charge >= 0.3 is 18.6 Å². The Bertz CT molecular complexity index is 741. The number of nitrogens with one attached hydrogen (secondary N) is 3. The average molecular weight is 459 g/mol. The molecule has 1 aromatic rings. The van der Waals surface area contributed by atoms with Crippen molar-refractivity contribution >= 4 is 24.3 Å². The van der Waals surface area contributed by atoms with E-state index in [2.05, 4.69) is 20.7 Å². The van der Waals surface area contributed by atoms with Gasteiger partial charge < -0.3 is 25.6 Å². The summed E-state index contributed by atoms with van der Waals surface area (Å²) in [6.45, 7) is 2.85. The molecule has 3 N–H and O–H groups in total. The number of ether oxygens (including phenoxy) is 1. The second-order valence-corrected chi connectivity index (χ2v) is 9.16. The predicted molar refractivity (Wildman–Crippen MR) is 128 cm³/mol. The number of urea groups is 1. The Hall–Kier alpha value is -2.77. The first-order valence-corrected chi connectivity index (χ1v) is 12.4. The van der Waals surface area contributed by atoms with Crippen LogP contribution in [0.4, 0.5) is 15.3 Å². The highest BCUT2D eigenvalue weighted by Gasteiger charge is 2.22. The van der Waals surface area contributed by atoms with Crippen molar-refractivity contribution < 1.29 is 19.1 Å². The summed E-state index contributed by atoms with van der Waals surface area (Å²) < 4.78 is 4.18. The highest BCUT2D eigenvalue weighted by molar-refractivity contribution is 5.74. The third-order valence-corrected chi connectivity index (χ3v) is 6.74. The largest absolute Gasteiger partial charge is 0.414 e. The van der Waals surface area contributed by atoms with Crippen LogP contribution in [0.2, 0.25) is 0 Å². The van der Waals surface area contributed by atoms with E-state index < -0.39 is 6.09 Å². The van der Waals surface area contributed by atoms with E-state index in [0.29, 0.717) is 19.0 Å². The minimum absolute atomic E-state index is 0.0760. The van der Waals surface area contributed by atoms with Gasteiger partial charge in [-0.05, 0) is 55.7 Å². The number of nitrogens with zero attached hydrogens (tertiary/aromatic N) is 1. The molecule has 0 bridgehead atoms. The molecule has 8 nitrogen and oxygen atoms in total.